The van der Waals surface area contributed by atoms with Gasteiger partial charge in [-0.25, -0.2) is 9.78 Å². The van der Waals surface area contributed by atoms with E-state index < -0.39 is 6.03 Å². The molecule has 0 spiro atoms. The fourth-order valence-electron chi connectivity index (χ4n) is 3.86. The van der Waals surface area contributed by atoms with Crippen LogP contribution in [0.3, 0.4) is 0 Å². The number of urea groups is 1. The summed E-state index contributed by atoms with van der Waals surface area (Å²) in [5.41, 5.74) is 9.78. The van der Waals surface area contributed by atoms with Crippen molar-refractivity contribution in [2.75, 3.05) is 37.7 Å². The molecule has 4 rings (SSSR count). The molecule has 2 aromatic rings. The summed E-state index contributed by atoms with van der Waals surface area (Å²) >= 11 is 0. The molecule has 142 valence electrons. The third kappa shape index (κ3) is 3.65. The number of ether oxygens (including phenoxy) is 1. The van der Waals surface area contributed by atoms with Crippen LogP contribution in [0.2, 0.25) is 0 Å². The number of morpholine rings is 1. The summed E-state index contributed by atoms with van der Waals surface area (Å²) in [5.74, 6) is 0.684. The monoisotopic (exact) mass is 367 g/mol. The Hall–Kier alpha value is -2.51. The highest BCUT2D eigenvalue weighted by Gasteiger charge is 2.23. The Bertz CT molecular complexity index is 835. The van der Waals surface area contributed by atoms with Crippen molar-refractivity contribution >= 4 is 11.8 Å². The van der Waals surface area contributed by atoms with Crippen molar-refractivity contribution < 1.29 is 9.53 Å². The van der Waals surface area contributed by atoms with Crippen LogP contribution in [-0.4, -0.2) is 53.7 Å². The molecule has 1 saturated heterocycles. The van der Waals surface area contributed by atoms with Gasteiger partial charge in [-0.05, 0) is 43.0 Å². The summed E-state index contributed by atoms with van der Waals surface area (Å²) in [6.07, 6.45) is 7.41. The first-order valence-corrected chi connectivity index (χ1v) is 9.46. The predicted molar refractivity (Wildman–Crippen MR) is 104 cm³/mol. The number of pyridine rings is 2. The molecule has 2 aliphatic rings. The maximum atomic E-state index is 11.6. The number of carbonyl (C=O) groups excluding carboxylic acids is 1. The number of aryl methyl sites for hydroxylation is 1. The number of nitrogens with zero attached hydrogens (tertiary/aromatic N) is 4. The van der Waals surface area contributed by atoms with Gasteiger partial charge in [-0.2, -0.15) is 0 Å². The lowest BCUT2D eigenvalue weighted by Gasteiger charge is -2.32. The van der Waals surface area contributed by atoms with Crippen molar-refractivity contribution in [3.05, 3.63) is 41.9 Å². The summed E-state index contributed by atoms with van der Waals surface area (Å²) in [6, 6.07) is 4.14. The molecule has 0 aromatic carbocycles. The highest BCUT2D eigenvalue weighted by molar-refractivity contribution is 5.91. The van der Waals surface area contributed by atoms with Crippen molar-refractivity contribution in [3.8, 4) is 11.1 Å². The first-order chi connectivity index (χ1) is 13.1. The van der Waals surface area contributed by atoms with Gasteiger partial charge in [-0.3, -0.25) is 14.8 Å². The first kappa shape index (κ1) is 17.9. The van der Waals surface area contributed by atoms with Crippen molar-refractivity contribution in [2.45, 2.75) is 25.8 Å². The van der Waals surface area contributed by atoms with Crippen LogP contribution >= 0.6 is 0 Å². The summed E-state index contributed by atoms with van der Waals surface area (Å²) in [4.78, 5) is 24.6. The molecule has 0 aliphatic carbocycles. The van der Waals surface area contributed by atoms with Gasteiger partial charge in [0, 0.05) is 55.4 Å². The van der Waals surface area contributed by atoms with Gasteiger partial charge in [0.1, 0.15) is 5.82 Å². The van der Waals surface area contributed by atoms with Crippen molar-refractivity contribution in [3.63, 3.8) is 0 Å². The van der Waals surface area contributed by atoms with Crippen LogP contribution in [0, 0.1) is 0 Å². The quantitative estimate of drug-likeness (QED) is 0.900. The number of hydrogen-bond donors (Lipinski definition) is 1. The summed E-state index contributed by atoms with van der Waals surface area (Å²) in [5, 5.41) is 0. The molecule has 7 nitrogen and oxygen atoms in total. The third-order valence-corrected chi connectivity index (χ3v) is 5.46. The van der Waals surface area contributed by atoms with E-state index >= 15 is 0 Å². The number of anilines is 1. The van der Waals surface area contributed by atoms with Gasteiger partial charge in [-0.1, -0.05) is 0 Å². The van der Waals surface area contributed by atoms with E-state index in [9.17, 15) is 4.79 Å². The number of rotatable bonds is 3. The van der Waals surface area contributed by atoms with Crippen LogP contribution in [0.25, 0.3) is 11.1 Å². The predicted octanol–water partition coefficient (Wildman–Crippen LogP) is 2.37. The normalized spacial score (nSPS) is 18.8. The van der Waals surface area contributed by atoms with E-state index in [0.717, 1.165) is 55.8 Å². The van der Waals surface area contributed by atoms with E-state index in [2.05, 4.69) is 33.9 Å². The highest BCUT2D eigenvalue weighted by atomic mass is 16.5. The van der Waals surface area contributed by atoms with E-state index in [1.54, 1.807) is 11.1 Å². The molecule has 1 atom stereocenters. The standard InChI is InChI=1S/C20H25N5O2/c1-14(24-5-7-27-8-6-24)16-10-17(12-22-11-16)18-9-15-3-2-4-25(20(21)26)19(15)23-13-18/h9-14H,2-8H2,1H3,(H2,21,26). The van der Waals surface area contributed by atoms with E-state index in [1.165, 1.54) is 5.56 Å². The number of carbonyl (C=O) groups is 1. The minimum absolute atomic E-state index is 0.289. The van der Waals surface area contributed by atoms with E-state index in [1.807, 2.05) is 12.4 Å². The minimum atomic E-state index is -0.445. The molecule has 27 heavy (non-hydrogen) atoms. The molecular weight excluding hydrogens is 342 g/mol. The Morgan fingerprint density at radius 1 is 1.15 bits per heavy atom. The van der Waals surface area contributed by atoms with Gasteiger partial charge in [0.2, 0.25) is 0 Å². The fraction of sp³-hybridized carbons (Fsp3) is 0.450. The largest absolute Gasteiger partial charge is 0.379 e. The number of primary amides is 1. The lowest BCUT2D eigenvalue weighted by Crippen LogP contribution is -2.40. The average molecular weight is 367 g/mol. The maximum absolute atomic E-state index is 11.6. The number of hydrogen-bond acceptors (Lipinski definition) is 5. The number of amides is 2. The molecule has 2 N–H and O–H groups in total. The zero-order valence-corrected chi connectivity index (χ0v) is 15.6. The van der Waals surface area contributed by atoms with Gasteiger partial charge in [0.25, 0.3) is 0 Å². The Labute approximate surface area is 159 Å². The van der Waals surface area contributed by atoms with Crippen LogP contribution in [0.4, 0.5) is 10.6 Å². The third-order valence-electron chi connectivity index (χ3n) is 5.46. The first-order valence-electron chi connectivity index (χ1n) is 9.46. The second-order valence-corrected chi connectivity index (χ2v) is 7.13. The Kier molecular flexibility index (Phi) is 5.05. The SMILES string of the molecule is CC(c1cncc(-c2cnc3c(c2)CCCN3C(N)=O)c1)N1CCOCC1. The highest BCUT2D eigenvalue weighted by Crippen LogP contribution is 2.30. The van der Waals surface area contributed by atoms with Gasteiger partial charge in [0.15, 0.2) is 0 Å². The summed E-state index contributed by atoms with van der Waals surface area (Å²) in [6.45, 7) is 6.28. The number of nitrogens with two attached hydrogens (primary N) is 1. The molecule has 2 aliphatic heterocycles. The molecule has 4 heterocycles. The fourth-order valence-corrected chi connectivity index (χ4v) is 3.86. The molecule has 1 unspecified atom stereocenters. The van der Waals surface area contributed by atoms with Crippen molar-refractivity contribution in [1.82, 2.24) is 14.9 Å². The van der Waals surface area contributed by atoms with Gasteiger partial charge in [0.05, 0.1) is 13.2 Å². The van der Waals surface area contributed by atoms with Crippen LogP contribution < -0.4 is 10.6 Å². The molecule has 2 amide bonds. The molecule has 0 bridgehead atoms. The van der Waals surface area contributed by atoms with Crippen LogP contribution in [0.5, 0.6) is 0 Å². The molecule has 0 saturated carbocycles. The zero-order chi connectivity index (χ0) is 18.8. The van der Waals surface area contributed by atoms with Crippen LogP contribution in [0.15, 0.2) is 30.7 Å². The maximum Gasteiger partial charge on any atom is 0.320 e. The molecule has 2 aromatic heterocycles. The molecule has 7 heteroatoms. The van der Waals surface area contributed by atoms with Crippen LogP contribution in [0.1, 0.15) is 30.5 Å². The van der Waals surface area contributed by atoms with E-state index in [-0.39, 0.29) is 6.04 Å². The smallest absolute Gasteiger partial charge is 0.320 e. The van der Waals surface area contributed by atoms with Gasteiger partial charge < -0.3 is 10.5 Å². The number of fused-ring (bicyclic) bond motifs is 1. The van der Waals surface area contributed by atoms with Crippen molar-refractivity contribution in [1.29, 1.82) is 0 Å². The molecule has 1 fully saturated rings. The molecule has 0 radical (unpaired) electrons. The average Bonchev–Trinajstić information content (AvgIpc) is 2.73. The second kappa shape index (κ2) is 7.62. The Morgan fingerprint density at radius 2 is 1.93 bits per heavy atom. The second-order valence-electron chi connectivity index (χ2n) is 7.13. The van der Waals surface area contributed by atoms with Crippen molar-refractivity contribution in [2.24, 2.45) is 5.73 Å². The topological polar surface area (TPSA) is 84.6 Å². The van der Waals surface area contributed by atoms with Gasteiger partial charge in [-0.15, -0.1) is 0 Å². The summed E-state index contributed by atoms with van der Waals surface area (Å²) in [7, 11) is 0. The Balaban J connectivity index is 1.61. The zero-order valence-electron chi connectivity index (χ0n) is 15.6. The van der Waals surface area contributed by atoms with Crippen LogP contribution in [-0.2, 0) is 11.2 Å². The number of aromatic nitrogens is 2. The molecular formula is C20H25N5O2. The summed E-state index contributed by atoms with van der Waals surface area (Å²) < 4.78 is 5.45. The lowest BCUT2D eigenvalue weighted by atomic mass is 9.99. The minimum Gasteiger partial charge on any atom is -0.379 e. The van der Waals surface area contributed by atoms with E-state index in [4.69, 9.17) is 10.5 Å². The lowest BCUT2D eigenvalue weighted by molar-refractivity contribution is 0.0198. The Morgan fingerprint density at radius 3 is 2.70 bits per heavy atom. The van der Waals surface area contributed by atoms with E-state index in [0.29, 0.717) is 12.4 Å². The van der Waals surface area contributed by atoms with Gasteiger partial charge >= 0.3 is 6.03 Å².